The quantitative estimate of drug-likeness (QED) is 0.312. The first-order valence-corrected chi connectivity index (χ1v) is 14.3. The highest BCUT2D eigenvalue weighted by molar-refractivity contribution is 9.10. The molecule has 3 heterocycles. The van der Waals surface area contributed by atoms with Gasteiger partial charge < -0.3 is 4.74 Å². The van der Waals surface area contributed by atoms with Crippen LogP contribution in [0.2, 0.25) is 0 Å². The summed E-state index contributed by atoms with van der Waals surface area (Å²) in [4.78, 5) is 9.96. The Morgan fingerprint density at radius 1 is 1.03 bits per heavy atom. The van der Waals surface area contributed by atoms with Gasteiger partial charge in [-0.2, -0.15) is 9.41 Å². The standard InChI is InChI=1S/C25H22BrN5O3S2/c26-20-5-3-4-19(16-20)24-18-35-25(31(24)28-17-22-6-1-2-11-27-22)29-21-7-9-23(10-8-21)36(32,33)30-12-14-34-15-13-30/h1-11,16-18H,12-15H2. The van der Waals surface area contributed by atoms with Gasteiger partial charge >= 0.3 is 0 Å². The summed E-state index contributed by atoms with van der Waals surface area (Å²) in [6, 6.07) is 20.2. The molecule has 1 fully saturated rings. The van der Waals surface area contributed by atoms with E-state index in [-0.39, 0.29) is 4.90 Å². The van der Waals surface area contributed by atoms with E-state index in [2.05, 4.69) is 26.0 Å². The minimum absolute atomic E-state index is 0.241. The molecule has 4 aromatic rings. The largest absolute Gasteiger partial charge is 0.379 e. The summed E-state index contributed by atoms with van der Waals surface area (Å²) < 4.78 is 35.3. The SMILES string of the molecule is O=S(=O)(c1ccc(N=c2scc(-c3cccc(Br)c3)n2N=Cc2ccccn2)cc1)N1CCOCC1. The van der Waals surface area contributed by atoms with E-state index in [1.165, 1.54) is 15.6 Å². The van der Waals surface area contributed by atoms with E-state index in [0.29, 0.717) is 36.8 Å². The first-order valence-electron chi connectivity index (χ1n) is 11.2. The van der Waals surface area contributed by atoms with Gasteiger partial charge in [0.2, 0.25) is 14.8 Å². The molecule has 1 aliphatic rings. The molecular formula is C25H22BrN5O3S2. The molecule has 5 rings (SSSR count). The molecule has 184 valence electrons. The van der Waals surface area contributed by atoms with Gasteiger partial charge in [0.1, 0.15) is 0 Å². The van der Waals surface area contributed by atoms with Gasteiger partial charge in [0, 0.05) is 34.7 Å². The summed E-state index contributed by atoms with van der Waals surface area (Å²) in [7, 11) is -3.56. The zero-order chi connectivity index (χ0) is 25.0. The fourth-order valence-electron chi connectivity index (χ4n) is 3.64. The molecule has 1 saturated heterocycles. The summed E-state index contributed by atoms with van der Waals surface area (Å²) in [6.07, 6.45) is 3.40. The van der Waals surface area contributed by atoms with Crippen molar-refractivity contribution >= 4 is 49.2 Å². The van der Waals surface area contributed by atoms with E-state index in [0.717, 1.165) is 21.4 Å². The molecule has 0 atom stereocenters. The van der Waals surface area contributed by atoms with Crippen molar-refractivity contribution in [2.24, 2.45) is 10.1 Å². The number of hydrogen-bond acceptors (Lipinski definition) is 7. The Morgan fingerprint density at radius 3 is 2.56 bits per heavy atom. The van der Waals surface area contributed by atoms with Crippen LogP contribution in [-0.4, -0.2) is 54.9 Å². The average molecular weight is 585 g/mol. The van der Waals surface area contributed by atoms with Gasteiger partial charge in [-0.1, -0.05) is 34.1 Å². The van der Waals surface area contributed by atoms with Crippen molar-refractivity contribution in [3.63, 3.8) is 0 Å². The first kappa shape index (κ1) is 24.7. The molecular weight excluding hydrogens is 562 g/mol. The predicted molar refractivity (Wildman–Crippen MR) is 144 cm³/mol. The predicted octanol–water partition coefficient (Wildman–Crippen LogP) is 4.51. The number of pyridine rings is 1. The first-order chi connectivity index (χ1) is 17.5. The van der Waals surface area contributed by atoms with Crippen molar-refractivity contribution in [2.45, 2.75) is 4.90 Å². The van der Waals surface area contributed by atoms with Crippen LogP contribution in [0.25, 0.3) is 11.3 Å². The number of thiazole rings is 1. The zero-order valence-electron chi connectivity index (χ0n) is 19.1. The van der Waals surface area contributed by atoms with E-state index in [4.69, 9.17) is 9.73 Å². The highest BCUT2D eigenvalue weighted by Crippen LogP contribution is 2.25. The molecule has 8 nitrogen and oxygen atoms in total. The minimum atomic E-state index is -3.56. The molecule has 0 amide bonds. The highest BCUT2D eigenvalue weighted by atomic mass is 79.9. The number of benzene rings is 2. The third-order valence-electron chi connectivity index (χ3n) is 5.47. The molecule has 0 N–H and O–H groups in total. The van der Waals surface area contributed by atoms with Crippen molar-refractivity contribution in [3.05, 3.63) is 93.3 Å². The molecule has 0 radical (unpaired) electrons. The maximum Gasteiger partial charge on any atom is 0.243 e. The molecule has 0 spiro atoms. The van der Waals surface area contributed by atoms with Crippen LogP contribution in [0.1, 0.15) is 5.69 Å². The lowest BCUT2D eigenvalue weighted by Gasteiger charge is -2.26. The number of sulfonamides is 1. The fourth-order valence-corrected chi connectivity index (χ4v) is 6.31. The second-order valence-electron chi connectivity index (χ2n) is 7.85. The van der Waals surface area contributed by atoms with Crippen molar-refractivity contribution in [2.75, 3.05) is 26.3 Å². The van der Waals surface area contributed by atoms with Gasteiger partial charge in [0.05, 0.1) is 41.4 Å². The van der Waals surface area contributed by atoms with Crippen LogP contribution in [0.4, 0.5) is 5.69 Å². The van der Waals surface area contributed by atoms with Crippen LogP contribution in [-0.2, 0) is 14.8 Å². The smallest absolute Gasteiger partial charge is 0.243 e. The number of ether oxygens (including phenoxy) is 1. The third-order valence-corrected chi connectivity index (χ3v) is 8.69. The molecule has 1 aliphatic heterocycles. The Hall–Kier alpha value is -2.96. The van der Waals surface area contributed by atoms with Gasteiger partial charge in [-0.15, -0.1) is 11.3 Å². The maximum atomic E-state index is 12.9. The van der Waals surface area contributed by atoms with Crippen molar-refractivity contribution in [1.82, 2.24) is 14.0 Å². The van der Waals surface area contributed by atoms with Crippen molar-refractivity contribution in [3.8, 4) is 11.3 Å². The number of halogens is 1. The molecule has 0 saturated carbocycles. The van der Waals surface area contributed by atoms with Gasteiger partial charge in [0.25, 0.3) is 0 Å². The summed E-state index contributed by atoms with van der Waals surface area (Å²) in [5, 5.41) is 6.67. The molecule has 0 unspecified atom stereocenters. The van der Waals surface area contributed by atoms with Gasteiger partial charge in [0.15, 0.2) is 0 Å². The Labute approximate surface area is 221 Å². The van der Waals surface area contributed by atoms with Crippen molar-refractivity contribution < 1.29 is 13.2 Å². The fraction of sp³-hybridized carbons (Fsp3) is 0.160. The Bertz CT molecular complexity index is 1540. The lowest BCUT2D eigenvalue weighted by molar-refractivity contribution is 0.0730. The second kappa shape index (κ2) is 11.0. The van der Waals surface area contributed by atoms with Crippen molar-refractivity contribution in [1.29, 1.82) is 0 Å². The number of aromatic nitrogens is 2. The highest BCUT2D eigenvalue weighted by Gasteiger charge is 2.26. The molecule has 2 aromatic heterocycles. The molecule has 2 aromatic carbocycles. The van der Waals surface area contributed by atoms with Crippen LogP contribution in [0.5, 0.6) is 0 Å². The second-order valence-corrected chi connectivity index (χ2v) is 11.5. The zero-order valence-corrected chi connectivity index (χ0v) is 22.3. The molecule has 36 heavy (non-hydrogen) atoms. The van der Waals surface area contributed by atoms with Crippen LogP contribution in [0, 0.1) is 0 Å². The summed E-state index contributed by atoms with van der Waals surface area (Å²) >= 11 is 4.98. The number of rotatable bonds is 6. The summed E-state index contributed by atoms with van der Waals surface area (Å²) in [5.74, 6) is 0. The topological polar surface area (TPSA) is 89.2 Å². The van der Waals surface area contributed by atoms with E-state index >= 15 is 0 Å². The summed E-state index contributed by atoms with van der Waals surface area (Å²) in [5.41, 5.74) is 3.20. The van der Waals surface area contributed by atoms with Gasteiger partial charge in [-0.05, 0) is 48.5 Å². The van der Waals surface area contributed by atoms with E-state index < -0.39 is 10.0 Å². The van der Waals surface area contributed by atoms with E-state index in [9.17, 15) is 8.42 Å². The summed E-state index contributed by atoms with van der Waals surface area (Å²) in [6.45, 7) is 1.53. The lowest BCUT2D eigenvalue weighted by atomic mass is 10.2. The molecule has 0 bridgehead atoms. The Balaban J connectivity index is 1.52. The van der Waals surface area contributed by atoms with Crippen LogP contribution in [0.3, 0.4) is 0 Å². The normalized spacial score (nSPS) is 15.5. The van der Waals surface area contributed by atoms with Crippen LogP contribution >= 0.6 is 27.3 Å². The average Bonchev–Trinajstić information content (AvgIpc) is 3.31. The molecule has 11 heteroatoms. The number of morpholine rings is 1. The van der Waals surface area contributed by atoms with Gasteiger partial charge in [-0.25, -0.2) is 18.1 Å². The van der Waals surface area contributed by atoms with E-state index in [1.807, 2.05) is 47.8 Å². The Morgan fingerprint density at radius 2 is 1.83 bits per heavy atom. The monoisotopic (exact) mass is 583 g/mol. The lowest BCUT2D eigenvalue weighted by Crippen LogP contribution is -2.40. The van der Waals surface area contributed by atoms with Gasteiger partial charge in [-0.3, -0.25) is 4.98 Å². The number of hydrogen-bond donors (Lipinski definition) is 0. The van der Waals surface area contributed by atoms with E-state index in [1.54, 1.807) is 41.4 Å². The maximum absolute atomic E-state index is 12.9. The number of nitrogens with zero attached hydrogens (tertiary/aromatic N) is 5. The van der Waals surface area contributed by atoms with Crippen LogP contribution in [0.15, 0.2) is 97.8 Å². The molecule has 0 aliphatic carbocycles. The minimum Gasteiger partial charge on any atom is -0.379 e. The van der Waals surface area contributed by atoms with Crippen LogP contribution < -0.4 is 4.80 Å². The Kier molecular flexibility index (Phi) is 7.54. The third kappa shape index (κ3) is 5.55.